The molecule has 1 saturated heterocycles. The highest BCUT2D eigenvalue weighted by Crippen LogP contribution is 2.22. The summed E-state index contributed by atoms with van der Waals surface area (Å²) in [7, 11) is 0. The third-order valence-corrected chi connectivity index (χ3v) is 5.00. The van der Waals surface area contributed by atoms with Crippen molar-refractivity contribution in [2.24, 2.45) is 5.92 Å². The number of aromatic nitrogens is 1. The molecule has 1 fully saturated rings. The van der Waals surface area contributed by atoms with Gasteiger partial charge in [-0.2, -0.15) is 0 Å². The molecule has 1 unspecified atom stereocenters. The van der Waals surface area contributed by atoms with E-state index < -0.39 is 0 Å². The van der Waals surface area contributed by atoms with Gasteiger partial charge in [0.05, 0.1) is 6.42 Å². The van der Waals surface area contributed by atoms with E-state index in [0.717, 1.165) is 41.8 Å². The van der Waals surface area contributed by atoms with E-state index in [2.05, 4.69) is 34.3 Å². The first kappa shape index (κ1) is 16.1. The molecule has 1 aliphatic rings. The number of aromatic amines is 1. The highest BCUT2D eigenvalue weighted by molar-refractivity contribution is 5.90. The number of benzene rings is 1. The highest BCUT2D eigenvalue weighted by atomic mass is 16.1. The molecule has 0 saturated carbocycles. The van der Waals surface area contributed by atoms with Gasteiger partial charge in [0.15, 0.2) is 0 Å². The van der Waals surface area contributed by atoms with Crippen LogP contribution < -0.4 is 5.32 Å². The number of H-pyrrole nitrogens is 1. The van der Waals surface area contributed by atoms with Gasteiger partial charge in [0.25, 0.3) is 0 Å². The van der Waals surface area contributed by atoms with Crippen LogP contribution in [0.4, 0.5) is 0 Å². The molecule has 124 valence electrons. The third kappa shape index (κ3) is 3.75. The Morgan fingerprint density at radius 2 is 2.22 bits per heavy atom. The number of fused-ring (bicyclic) bond motifs is 1. The maximum Gasteiger partial charge on any atom is 0.224 e. The maximum absolute atomic E-state index is 12.4. The smallest absolute Gasteiger partial charge is 0.224 e. The lowest BCUT2D eigenvalue weighted by Crippen LogP contribution is -2.41. The molecule has 4 heteroatoms. The van der Waals surface area contributed by atoms with Crippen molar-refractivity contribution in [3.05, 3.63) is 35.5 Å². The normalized spacial score (nSPS) is 19.1. The molecule has 2 N–H and O–H groups in total. The Balaban J connectivity index is 1.57. The zero-order valence-corrected chi connectivity index (χ0v) is 14.2. The number of hydrogen-bond acceptors (Lipinski definition) is 2. The number of likely N-dealkylation sites (tertiary alicyclic amines) is 1. The lowest BCUT2D eigenvalue weighted by Gasteiger charge is -2.31. The van der Waals surface area contributed by atoms with Gasteiger partial charge in [0, 0.05) is 29.7 Å². The first-order chi connectivity index (χ1) is 11.2. The molecule has 0 radical (unpaired) electrons. The molecule has 0 bridgehead atoms. The van der Waals surface area contributed by atoms with E-state index in [4.69, 9.17) is 0 Å². The minimum Gasteiger partial charge on any atom is -0.358 e. The van der Waals surface area contributed by atoms with Crippen molar-refractivity contribution >= 4 is 16.8 Å². The number of piperidine rings is 1. The molecule has 2 aromatic rings. The Morgan fingerprint density at radius 3 is 3.04 bits per heavy atom. The standard InChI is InChI=1S/C19H27N3O/c1-3-22-10-6-7-15(13-22)12-20-19(23)11-17-14(2)21-18-9-5-4-8-16(17)18/h4-5,8-9,15,21H,3,6-7,10-13H2,1-2H3,(H,20,23). The van der Waals surface area contributed by atoms with Gasteiger partial charge in [-0.1, -0.05) is 25.1 Å². The summed E-state index contributed by atoms with van der Waals surface area (Å²) in [5.74, 6) is 0.725. The van der Waals surface area contributed by atoms with E-state index in [0.29, 0.717) is 12.3 Å². The summed E-state index contributed by atoms with van der Waals surface area (Å²) in [6, 6.07) is 8.19. The third-order valence-electron chi connectivity index (χ3n) is 5.00. The second kappa shape index (κ2) is 7.18. The predicted molar refractivity (Wildman–Crippen MR) is 94.6 cm³/mol. The van der Waals surface area contributed by atoms with Gasteiger partial charge in [0.2, 0.25) is 5.91 Å². The Labute approximate surface area is 138 Å². The molecule has 0 aliphatic carbocycles. The fourth-order valence-corrected chi connectivity index (χ4v) is 3.65. The van der Waals surface area contributed by atoms with Gasteiger partial charge >= 0.3 is 0 Å². The molecule has 4 nitrogen and oxygen atoms in total. The molecular weight excluding hydrogens is 286 g/mol. The van der Waals surface area contributed by atoms with Crippen molar-refractivity contribution in [2.75, 3.05) is 26.2 Å². The number of carbonyl (C=O) groups is 1. The molecule has 3 rings (SSSR count). The van der Waals surface area contributed by atoms with Crippen molar-refractivity contribution < 1.29 is 4.79 Å². The van der Waals surface area contributed by atoms with Gasteiger partial charge in [-0.25, -0.2) is 0 Å². The zero-order chi connectivity index (χ0) is 16.2. The van der Waals surface area contributed by atoms with Crippen LogP contribution in [0.15, 0.2) is 24.3 Å². The number of para-hydroxylation sites is 1. The molecule has 1 aromatic carbocycles. The zero-order valence-electron chi connectivity index (χ0n) is 14.2. The second-order valence-corrected chi connectivity index (χ2v) is 6.66. The Kier molecular flexibility index (Phi) is 5.01. The van der Waals surface area contributed by atoms with Crippen molar-refractivity contribution in [3.8, 4) is 0 Å². The highest BCUT2D eigenvalue weighted by Gasteiger charge is 2.19. The quantitative estimate of drug-likeness (QED) is 0.892. The maximum atomic E-state index is 12.4. The van der Waals surface area contributed by atoms with E-state index in [-0.39, 0.29) is 5.91 Å². The van der Waals surface area contributed by atoms with Crippen molar-refractivity contribution in [1.29, 1.82) is 0 Å². The summed E-state index contributed by atoms with van der Waals surface area (Å²) >= 11 is 0. The number of nitrogens with one attached hydrogen (secondary N) is 2. The Morgan fingerprint density at radius 1 is 1.39 bits per heavy atom. The molecule has 23 heavy (non-hydrogen) atoms. The van der Waals surface area contributed by atoms with Crippen molar-refractivity contribution in [1.82, 2.24) is 15.2 Å². The summed E-state index contributed by atoms with van der Waals surface area (Å²) in [5.41, 5.74) is 3.33. The number of rotatable bonds is 5. The molecule has 2 heterocycles. The summed E-state index contributed by atoms with van der Waals surface area (Å²) < 4.78 is 0. The molecule has 0 spiro atoms. The van der Waals surface area contributed by atoms with Crippen LogP contribution in [0.1, 0.15) is 31.0 Å². The molecule has 1 aliphatic heterocycles. The van der Waals surface area contributed by atoms with Crippen LogP contribution in [0, 0.1) is 12.8 Å². The van der Waals surface area contributed by atoms with Crippen LogP contribution in [0.2, 0.25) is 0 Å². The molecule has 1 amide bonds. The minimum absolute atomic E-state index is 0.131. The van der Waals surface area contributed by atoms with Crippen LogP contribution >= 0.6 is 0 Å². The van der Waals surface area contributed by atoms with Gasteiger partial charge in [-0.05, 0) is 50.4 Å². The lowest BCUT2D eigenvalue weighted by molar-refractivity contribution is -0.120. The van der Waals surface area contributed by atoms with Crippen LogP contribution in [-0.2, 0) is 11.2 Å². The fourth-order valence-electron chi connectivity index (χ4n) is 3.65. The van der Waals surface area contributed by atoms with Crippen molar-refractivity contribution in [3.63, 3.8) is 0 Å². The summed E-state index contributed by atoms with van der Waals surface area (Å²) in [6.45, 7) is 8.48. The number of carbonyl (C=O) groups excluding carboxylic acids is 1. The largest absolute Gasteiger partial charge is 0.358 e. The number of aryl methyl sites for hydroxylation is 1. The predicted octanol–water partition coefficient (Wildman–Crippen LogP) is 2.87. The van der Waals surface area contributed by atoms with E-state index in [1.807, 2.05) is 19.1 Å². The van der Waals surface area contributed by atoms with Crippen LogP contribution in [-0.4, -0.2) is 42.0 Å². The van der Waals surface area contributed by atoms with Crippen LogP contribution in [0.5, 0.6) is 0 Å². The van der Waals surface area contributed by atoms with Gasteiger partial charge in [-0.15, -0.1) is 0 Å². The molecule has 1 aromatic heterocycles. The van der Waals surface area contributed by atoms with E-state index in [1.54, 1.807) is 0 Å². The lowest BCUT2D eigenvalue weighted by atomic mass is 9.98. The summed E-state index contributed by atoms with van der Waals surface area (Å²) in [4.78, 5) is 18.2. The summed E-state index contributed by atoms with van der Waals surface area (Å²) in [6.07, 6.45) is 2.93. The fraction of sp³-hybridized carbons (Fsp3) is 0.526. The second-order valence-electron chi connectivity index (χ2n) is 6.66. The number of nitrogens with zero attached hydrogens (tertiary/aromatic N) is 1. The SMILES string of the molecule is CCN1CCCC(CNC(=O)Cc2c(C)[nH]c3ccccc23)C1. The van der Waals surface area contributed by atoms with Gasteiger partial charge in [0.1, 0.15) is 0 Å². The average Bonchev–Trinajstić information content (AvgIpc) is 2.89. The van der Waals surface area contributed by atoms with E-state index >= 15 is 0 Å². The van der Waals surface area contributed by atoms with E-state index in [1.165, 1.54) is 19.4 Å². The number of hydrogen-bond donors (Lipinski definition) is 2. The average molecular weight is 313 g/mol. The van der Waals surface area contributed by atoms with Crippen LogP contribution in [0.3, 0.4) is 0 Å². The monoisotopic (exact) mass is 313 g/mol. The summed E-state index contributed by atoms with van der Waals surface area (Å²) in [5, 5.41) is 4.31. The number of amides is 1. The van der Waals surface area contributed by atoms with Crippen molar-refractivity contribution in [2.45, 2.75) is 33.1 Å². The topological polar surface area (TPSA) is 48.1 Å². The van der Waals surface area contributed by atoms with Crippen LogP contribution in [0.25, 0.3) is 10.9 Å². The Hall–Kier alpha value is -1.81. The first-order valence-corrected chi connectivity index (χ1v) is 8.72. The van der Waals surface area contributed by atoms with E-state index in [9.17, 15) is 4.79 Å². The minimum atomic E-state index is 0.131. The Bertz CT molecular complexity index is 676. The first-order valence-electron chi connectivity index (χ1n) is 8.72. The van der Waals surface area contributed by atoms with Gasteiger partial charge < -0.3 is 15.2 Å². The molecular formula is C19H27N3O. The van der Waals surface area contributed by atoms with Gasteiger partial charge in [-0.3, -0.25) is 4.79 Å². The molecule has 1 atom stereocenters.